The van der Waals surface area contributed by atoms with Crippen LogP contribution in [0.25, 0.3) is 10.9 Å². The maximum atomic E-state index is 5.84. The van der Waals surface area contributed by atoms with Crippen molar-refractivity contribution >= 4 is 10.9 Å². The van der Waals surface area contributed by atoms with E-state index in [0.29, 0.717) is 6.10 Å². The molecule has 1 aromatic heterocycles. The topological polar surface area (TPSA) is 34.2 Å². The predicted molar refractivity (Wildman–Crippen MR) is 81.7 cm³/mol. The zero-order chi connectivity index (χ0) is 13.6. The maximum Gasteiger partial charge on any atom is 0.0702 e. The Morgan fingerprint density at radius 3 is 3.00 bits per heavy atom. The minimum atomic E-state index is 0.517. The van der Waals surface area contributed by atoms with Gasteiger partial charge < -0.3 is 10.1 Å². The van der Waals surface area contributed by atoms with Gasteiger partial charge in [0.25, 0.3) is 0 Å². The second kappa shape index (κ2) is 6.82. The van der Waals surface area contributed by atoms with Crippen molar-refractivity contribution < 1.29 is 4.74 Å². The monoisotopic (exact) mass is 270 g/mol. The number of hydrogen-bond acceptors (Lipinski definition) is 3. The molecule has 3 heteroatoms. The molecular weight excluding hydrogens is 248 g/mol. The Balaban J connectivity index is 1.42. The predicted octanol–water partition coefficient (Wildman–Crippen LogP) is 3.28. The van der Waals surface area contributed by atoms with E-state index in [0.717, 1.165) is 25.2 Å². The van der Waals surface area contributed by atoms with Gasteiger partial charge in [-0.2, -0.15) is 0 Å². The molecule has 0 atom stereocenters. The van der Waals surface area contributed by atoms with Gasteiger partial charge in [-0.1, -0.05) is 25.0 Å². The van der Waals surface area contributed by atoms with E-state index in [1.54, 1.807) is 0 Å². The Bertz CT molecular complexity index is 549. The fraction of sp³-hybridized carbons (Fsp3) is 0.471. The molecule has 20 heavy (non-hydrogen) atoms. The van der Waals surface area contributed by atoms with Crippen molar-refractivity contribution in [2.45, 2.75) is 38.3 Å². The van der Waals surface area contributed by atoms with Gasteiger partial charge in [0.1, 0.15) is 0 Å². The van der Waals surface area contributed by atoms with Crippen LogP contribution < -0.4 is 5.32 Å². The maximum absolute atomic E-state index is 5.84. The standard InChI is InChI=1S/C17H22N2O/c1-2-6-16(5-1)20-11-10-18-13-14-7-8-17-15(12-14)4-3-9-19-17/h3-4,7-9,12,16,18H,1-2,5-6,10-11,13H2. The van der Waals surface area contributed by atoms with Crippen molar-refractivity contribution in [1.29, 1.82) is 0 Å². The Morgan fingerprint density at radius 1 is 1.20 bits per heavy atom. The molecule has 0 unspecified atom stereocenters. The molecular formula is C17H22N2O. The van der Waals surface area contributed by atoms with Crippen molar-refractivity contribution in [3.05, 3.63) is 42.1 Å². The van der Waals surface area contributed by atoms with Crippen LogP contribution in [0.2, 0.25) is 0 Å². The Morgan fingerprint density at radius 2 is 2.10 bits per heavy atom. The van der Waals surface area contributed by atoms with E-state index < -0.39 is 0 Å². The first-order valence-corrected chi connectivity index (χ1v) is 7.58. The molecule has 1 aliphatic carbocycles. The summed E-state index contributed by atoms with van der Waals surface area (Å²) in [6.07, 6.45) is 7.52. The number of hydrogen-bond donors (Lipinski definition) is 1. The molecule has 0 radical (unpaired) electrons. The van der Waals surface area contributed by atoms with Gasteiger partial charge in [-0.05, 0) is 36.6 Å². The lowest BCUT2D eigenvalue weighted by molar-refractivity contribution is 0.0603. The molecule has 0 bridgehead atoms. The summed E-state index contributed by atoms with van der Waals surface area (Å²) < 4.78 is 5.84. The molecule has 0 amide bonds. The highest BCUT2D eigenvalue weighted by Crippen LogP contribution is 2.20. The number of nitrogens with one attached hydrogen (secondary N) is 1. The van der Waals surface area contributed by atoms with Crippen molar-refractivity contribution in [3.8, 4) is 0 Å². The number of ether oxygens (including phenoxy) is 1. The molecule has 3 nitrogen and oxygen atoms in total. The summed E-state index contributed by atoms with van der Waals surface area (Å²) in [6.45, 7) is 2.63. The van der Waals surface area contributed by atoms with Gasteiger partial charge in [-0.15, -0.1) is 0 Å². The SMILES string of the molecule is c1cnc2ccc(CNCCOC3CCCC3)cc2c1. The Labute approximate surface area is 120 Å². The summed E-state index contributed by atoms with van der Waals surface area (Å²) in [5.74, 6) is 0. The molecule has 1 fully saturated rings. The van der Waals surface area contributed by atoms with Gasteiger partial charge >= 0.3 is 0 Å². The van der Waals surface area contributed by atoms with E-state index in [1.807, 2.05) is 12.3 Å². The highest BCUT2D eigenvalue weighted by molar-refractivity contribution is 5.78. The minimum Gasteiger partial charge on any atom is -0.377 e. The average molecular weight is 270 g/mol. The van der Waals surface area contributed by atoms with Crippen LogP contribution in [-0.4, -0.2) is 24.2 Å². The summed E-state index contributed by atoms with van der Waals surface area (Å²) in [6, 6.07) is 10.5. The Hall–Kier alpha value is -1.45. The number of benzene rings is 1. The Kier molecular flexibility index (Phi) is 4.61. The number of rotatable bonds is 6. The van der Waals surface area contributed by atoms with Gasteiger partial charge in [0.05, 0.1) is 18.2 Å². The van der Waals surface area contributed by atoms with Crippen LogP contribution in [0.4, 0.5) is 0 Å². The summed E-state index contributed by atoms with van der Waals surface area (Å²) in [5.41, 5.74) is 2.35. The zero-order valence-corrected chi connectivity index (χ0v) is 11.8. The van der Waals surface area contributed by atoms with E-state index in [2.05, 4.69) is 34.6 Å². The molecule has 2 aromatic rings. The quantitative estimate of drug-likeness (QED) is 0.818. The third-order valence-corrected chi connectivity index (χ3v) is 3.93. The van der Waals surface area contributed by atoms with Crippen LogP contribution in [0.5, 0.6) is 0 Å². The van der Waals surface area contributed by atoms with Gasteiger partial charge in [0.15, 0.2) is 0 Å². The number of aromatic nitrogens is 1. The van der Waals surface area contributed by atoms with Gasteiger partial charge in [-0.25, -0.2) is 0 Å². The summed E-state index contributed by atoms with van der Waals surface area (Å²) in [4.78, 5) is 4.34. The molecule has 1 aliphatic rings. The van der Waals surface area contributed by atoms with Crippen molar-refractivity contribution in [1.82, 2.24) is 10.3 Å². The van der Waals surface area contributed by atoms with Crippen LogP contribution in [-0.2, 0) is 11.3 Å². The summed E-state index contributed by atoms with van der Waals surface area (Å²) in [7, 11) is 0. The molecule has 1 N–H and O–H groups in total. The van der Waals surface area contributed by atoms with E-state index in [4.69, 9.17) is 4.74 Å². The van der Waals surface area contributed by atoms with Crippen LogP contribution in [0.1, 0.15) is 31.2 Å². The summed E-state index contributed by atoms with van der Waals surface area (Å²) >= 11 is 0. The van der Waals surface area contributed by atoms with Crippen molar-refractivity contribution in [2.75, 3.05) is 13.2 Å². The molecule has 1 saturated carbocycles. The highest BCUT2D eigenvalue weighted by atomic mass is 16.5. The molecule has 1 heterocycles. The first-order chi connectivity index (χ1) is 9.92. The van der Waals surface area contributed by atoms with E-state index in [-0.39, 0.29) is 0 Å². The first kappa shape index (κ1) is 13.5. The molecule has 0 saturated heterocycles. The second-order valence-corrected chi connectivity index (χ2v) is 5.48. The van der Waals surface area contributed by atoms with Crippen LogP contribution in [0.15, 0.2) is 36.5 Å². The lowest BCUT2D eigenvalue weighted by Gasteiger charge is -2.11. The number of pyridine rings is 1. The fourth-order valence-corrected chi connectivity index (χ4v) is 2.82. The largest absolute Gasteiger partial charge is 0.377 e. The lowest BCUT2D eigenvalue weighted by Crippen LogP contribution is -2.21. The number of nitrogens with zero attached hydrogens (tertiary/aromatic N) is 1. The average Bonchev–Trinajstić information content (AvgIpc) is 3.00. The smallest absolute Gasteiger partial charge is 0.0702 e. The van der Waals surface area contributed by atoms with Crippen molar-refractivity contribution in [3.63, 3.8) is 0 Å². The molecule has 1 aromatic carbocycles. The van der Waals surface area contributed by atoms with Crippen LogP contribution in [0.3, 0.4) is 0 Å². The minimum absolute atomic E-state index is 0.517. The van der Waals surface area contributed by atoms with Crippen LogP contribution in [0, 0.1) is 0 Å². The van der Waals surface area contributed by atoms with Gasteiger partial charge in [0.2, 0.25) is 0 Å². The van der Waals surface area contributed by atoms with E-state index in [1.165, 1.54) is 36.6 Å². The lowest BCUT2D eigenvalue weighted by atomic mass is 10.1. The molecule has 0 spiro atoms. The number of fused-ring (bicyclic) bond motifs is 1. The third-order valence-electron chi connectivity index (χ3n) is 3.93. The van der Waals surface area contributed by atoms with Crippen molar-refractivity contribution in [2.24, 2.45) is 0 Å². The first-order valence-electron chi connectivity index (χ1n) is 7.58. The molecule has 0 aliphatic heterocycles. The highest BCUT2D eigenvalue weighted by Gasteiger charge is 2.14. The van der Waals surface area contributed by atoms with Crippen LogP contribution >= 0.6 is 0 Å². The molecule has 3 rings (SSSR count). The second-order valence-electron chi connectivity index (χ2n) is 5.48. The van der Waals surface area contributed by atoms with E-state index in [9.17, 15) is 0 Å². The summed E-state index contributed by atoms with van der Waals surface area (Å²) in [5, 5.41) is 4.65. The fourth-order valence-electron chi connectivity index (χ4n) is 2.82. The third kappa shape index (κ3) is 3.56. The van der Waals surface area contributed by atoms with Gasteiger partial charge in [0, 0.05) is 24.7 Å². The zero-order valence-electron chi connectivity index (χ0n) is 11.8. The van der Waals surface area contributed by atoms with Gasteiger partial charge in [-0.3, -0.25) is 4.98 Å². The van der Waals surface area contributed by atoms with E-state index >= 15 is 0 Å². The normalized spacial score (nSPS) is 16.0. The molecule has 106 valence electrons.